The van der Waals surface area contributed by atoms with Crippen LogP contribution in [0, 0.1) is 20.8 Å². The third-order valence-electron chi connectivity index (χ3n) is 11.9. The second kappa shape index (κ2) is 21.4. The Morgan fingerprint density at radius 3 is 1.35 bits per heavy atom. The molecular formula is C51H57ClN6O4S3. The Balaban J connectivity index is 0.000000146. The molecule has 4 amide bonds. The van der Waals surface area contributed by atoms with E-state index in [1.54, 1.807) is 30.2 Å². The number of hydrogen-bond acceptors (Lipinski definition) is 9. The summed E-state index contributed by atoms with van der Waals surface area (Å²) in [6, 6.07) is 27.5. The van der Waals surface area contributed by atoms with Gasteiger partial charge in [-0.25, -0.2) is 4.98 Å². The fraction of sp³-hybridized carbons (Fsp3) is 0.353. The van der Waals surface area contributed by atoms with Gasteiger partial charge in [0.1, 0.15) is 4.88 Å². The third kappa shape index (κ3) is 12.4. The summed E-state index contributed by atoms with van der Waals surface area (Å²) in [5, 5.41) is 9.40. The maximum Gasteiger partial charge on any atom is 0.263 e. The summed E-state index contributed by atoms with van der Waals surface area (Å²) >= 11 is 9.98. The van der Waals surface area contributed by atoms with Crippen LogP contribution in [-0.4, -0.2) is 59.6 Å². The number of halogens is 1. The zero-order valence-corrected chi connectivity index (χ0v) is 41.3. The van der Waals surface area contributed by atoms with Crippen molar-refractivity contribution in [3.8, 4) is 0 Å². The number of amides is 4. The molecule has 3 aliphatic carbocycles. The molecule has 0 unspecified atom stereocenters. The zero-order chi connectivity index (χ0) is 46.4. The molecule has 3 aromatic heterocycles. The molecule has 6 aromatic rings. The van der Waals surface area contributed by atoms with Crippen molar-refractivity contribution < 1.29 is 19.2 Å². The molecule has 0 radical (unpaired) electrons. The first-order valence-electron chi connectivity index (χ1n) is 22.0. The van der Waals surface area contributed by atoms with Crippen LogP contribution in [0.2, 0.25) is 4.47 Å². The summed E-state index contributed by atoms with van der Waals surface area (Å²) in [5.74, 6) is -0.0568. The average molecular weight is 950 g/mol. The lowest BCUT2D eigenvalue weighted by atomic mass is 10.1. The number of hydrogen-bond donors (Lipinski definition) is 3. The molecule has 3 N–H and O–H groups in total. The average Bonchev–Trinajstić information content (AvgIpc) is 4.14. The van der Waals surface area contributed by atoms with E-state index >= 15 is 0 Å². The Labute approximate surface area is 399 Å². The van der Waals surface area contributed by atoms with Crippen LogP contribution in [0.3, 0.4) is 0 Å². The first-order chi connectivity index (χ1) is 31.1. The highest BCUT2D eigenvalue weighted by Crippen LogP contribution is 2.35. The van der Waals surface area contributed by atoms with Crippen molar-refractivity contribution in [3.63, 3.8) is 0 Å². The second-order valence-electron chi connectivity index (χ2n) is 17.4. The van der Waals surface area contributed by atoms with Gasteiger partial charge < -0.3 is 25.8 Å². The Kier molecular flexibility index (Phi) is 15.7. The highest BCUT2D eigenvalue weighted by atomic mass is 35.5. The molecule has 0 bridgehead atoms. The fourth-order valence-electron chi connectivity index (χ4n) is 8.56. The molecule has 3 atom stereocenters. The molecule has 3 aromatic carbocycles. The van der Waals surface area contributed by atoms with Gasteiger partial charge in [0.25, 0.3) is 17.7 Å². The summed E-state index contributed by atoms with van der Waals surface area (Å²) in [6.45, 7) is 9.26. The van der Waals surface area contributed by atoms with Gasteiger partial charge >= 0.3 is 0 Å². The van der Waals surface area contributed by atoms with Crippen molar-refractivity contribution in [2.75, 3.05) is 21.1 Å². The summed E-state index contributed by atoms with van der Waals surface area (Å²) in [7, 11) is 5.84. The quantitative estimate of drug-likeness (QED) is 0.126. The topological polar surface area (TPSA) is 124 Å². The molecule has 0 saturated heterocycles. The van der Waals surface area contributed by atoms with E-state index in [2.05, 4.69) is 101 Å². The molecule has 0 spiro atoms. The van der Waals surface area contributed by atoms with Crippen molar-refractivity contribution in [1.29, 1.82) is 0 Å². The minimum absolute atomic E-state index is 0.0206. The highest BCUT2D eigenvalue weighted by molar-refractivity contribution is 7.17. The number of carbonyl (C=O) groups is 4. The first kappa shape index (κ1) is 47.8. The molecule has 0 aliphatic heterocycles. The Morgan fingerprint density at radius 1 is 0.585 bits per heavy atom. The minimum atomic E-state index is -0.0946. The van der Waals surface area contributed by atoms with E-state index in [1.165, 1.54) is 83.8 Å². The molecule has 9 rings (SSSR count). The van der Waals surface area contributed by atoms with Gasteiger partial charge in [-0.15, -0.1) is 22.7 Å². The number of benzene rings is 3. The van der Waals surface area contributed by atoms with Crippen LogP contribution in [0.15, 0.2) is 85.1 Å². The summed E-state index contributed by atoms with van der Waals surface area (Å²) in [4.78, 5) is 60.3. The number of thiazole rings is 1. The fourth-order valence-corrected chi connectivity index (χ4v) is 11.4. The van der Waals surface area contributed by atoms with E-state index in [9.17, 15) is 19.2 Å². The van der Waals surface area contributed by atoms with Crippen LogP contribution >= 0.6 is 45.6 Å². The van der Waals surface area contributed by atoms with Gasteiger partial charge in [0.15, 0.2) is 4.47 Å². The normalized spacial score (nSPS) is 16.6. The lowest BCUT2D eigenvalue weighted by Gasteiger charge is -2.14. The van der Waals surface area contributed by atoms with Crippen LogP contribution in [0.25, 0.3) is 0 Å². The molecule has 0 fully saturated rings. The lowest BCUT2D eigenvalue weighted by molar-refractivity contribution is -0.128. The third-order valence-corrected chi connectivity index (χ3v) is 15.2. The van der Waals surface area contributed by atoms with Crippen molar-refractivity contribution >= 4 is 69.2 Å². The number of aromatic nitrogens is 1. The molecule has 65 heavy (non-hydrogen) atoms. The van der Waals surface area contributed by atoms with Crippen molar-refractivity contribution in [2.24, 2.45) is 0 Å². The molecular weight excluding hydrogens is 892 g/mol. The number of carbonyl (C=O) groups excluding carboxylic acids is 4. The van der Waals surface area contributed by atoms with Gasteiger partial charge in [0, 0.05) is 30.3 Å². The van der Waals surface area contributed by atoms with E-state index in [-0.39, 0.29) is 41.8 Å². The highest BCUT2D eigenvalue weighted by Gasteiger charge is 2.27. The van der Waals surface area contributed by atoms with Crippen LogP contribution in [0.1, 0.15) is 133 Å². The van der Waals surface area contributed by atoms with Crippen molar-refractivity contribution in [2.45, 2.75) is 97.4 Å². The number of nitrogens with one attached hydrogen (secondary N) is 3. The Hall–Kier alpha value is -5.18. The summed E-state index contributed by atoms with van der Waals surface area (Å²) in [5.41, 5.74) is 11.6. The van der Waals surface area contributed by atoms with Gasteiger partial charge in [-0.3, -0.25) is 19.2 Å². The number of aryl methyl sites for hydroxylation is 6. The van der Waals surface area contributed by atoms with E-state index < -0.39 is 0 Å². The molecule has 3 heterocycles. The predicted molar refractivity (Wildman–Crippen MR) is 264 cm³/mol. The summed E-state index contributed by atoms with van der Waals surface area (Å²) < 4.78 is 0.396. The van der Waals surface area contributed by atoms with Crippen molar-refractivity contribution in [1.82, 2.24) is 30.7 Å². The number of thiophene rings is 2. The van der Waals surface area contributed by atoms with Crippen LogP contribution in [-0.2, 0) is 37.1 Å². The van der Waals surface area contributed by atoms with Gasteiger partial charge in [-0.1, -0.05) is 94.2 Å². The standard InChI is InChI=1S/C19H22N2O2S.C18H22N2OS.C14H13ClN2OS/c1-12-4-7-16-14(10-12)5-8-17(16)20-19(23)18-9-6-15(24-18)11-21(3)13(2)22;1-12-4-7-15-13(10-12)5-8-16(15)19-18(21)17-9-6-14(22-17)11-20(2)3;1-8-2-4-10-9(6-8)3-5-11(10)17-13(18)12-7-16-14(15)19-12/h4,6-7,9-10,17H,5,8,11H2,1-3H3,(H,20,23);4,6-7,9-10,16H,5,8,11H2,1-3H3,(H,19,21);2,4,6-7,11H,3,5H2,1H3,(H,17,18)/t17-;16-;11-/m111/s1. The van der Waals surface area contributed by atoms with Crippen LogP contribution < -0.4 is 16.0 Å². The Bertz CT molecular complexity index is 2690. The van der Waals surface area contributed by atoms with Crippen LogP contribution in [0.5, 0.6) is 0 Å². The predicted octanol–water partition coefficient (Wildman–Crippen LogP) is 10.5. The van der Waals surface area contributed by atoms with Gasteiger partial charge in [-0.2, -0.15) is 0 Å². The van der Waals surface area contributed by atoms with E-state index in [0.717, 1.165) is 54.8 Å². The zero-order valence-electron chi connectivity index (χ0n) is 38.0. The molecule has 10 nitrogen and oxygen atoms in total. The second-order valence-corrected chi connectivity index (χ2v) is 21.4. The van der Waals surface area contributed by atoms with E-state index in [0.29, 0.717) is 20.8 Å². The number of fused-ring (bicyclic) bond motifs is 3. The van der Waals surface area contributed by atoms with Crippen LogP contribution in [0.4, 0.5) is 0 Å². The monoisotopic (exact) mass is 948 g/mol. The van der Waals surface area contributed by atoms with Gasteiger partial charge in [0.2, 0.25) is 5.91 Å². The smallest absolute Gasteiger partial charge is 0.263 e. The van der Waals surface area contributed by atoms with Gasteiger partial charge in [0.05, 0.1) is 40.6 Å². The number of rotatable bonds is 10. The minimum Gasteiger partial charge on any atom is -0.345 e. The maximum atomic E-state index is 12.5. The van der Waals surface area contributed by atoms with E-state index in [1.807, 2.05) is 38.4 Å². The van der Waals surface area contributed by atoms with Crippen molar-refractivity contribution in [3.05, 3.63) is 164 Å². The SMILES string of the molecule is CC(=O)N(C)Cc1ccc(C(=O)N[C@@H]2CCc3cc(C)ccc32)s1.Cc1ccc2c(c1)CC[C@H]2NC(=O)c1ccc(CN(C)C)s1.Cc1ccc2c(c1)CC[C@H]2NC(=O)c1cnc(Cl)s1. The Morgan fingerprint density at radius 2 is 0.985 bits per heavy atom. The largest absolute Gasteiger partial charge is 0.345 e. The molecule has 340 valence electrons. The maximum absolute atomic E-state index is 12.5. The van der Waals surface area contributed by atoms with Gasteiger partial charge in [-0.05, 0) is 131 Å². The number of nitrogens with zero attached hydrogens (tertiary/aromatic N) is 3. The molecule has 14 heteroatoms. The molecule has 3 aliphatic rings. The van der Waals surface area contributed by atoms with E-state index in [4.69, 9.17) is 11.6 Å². The molecule has 0 saturated carbocycles. The first-order valence-corrected chi connectivity index (χ1v) is 24.8. The summed E-state index contributed by atoms with van der Waals surface area (Å²) in [6.07, 6.45) is 7.52. The lowest BCUT2D eigenvalue weighted by Crippen LogP contribution is -2.26.